The molecule has 0 amide bonds. The van der Waals surface area contributed by atoms with Gasteiger partial charge in [-0.05, 0) is 28.3 Å². The minimum Gasteiger partial charge on any atom is -0.294 e. The van der Waals surface area contributed by atoms with Gasteiger partial charge in [0.25, 0.3) is 0 Å². The number of hydrogen-bond donors (Lipinski definition) is 0. The highest BCUT2D eigenvalue weighted by Crippen LogP contribution is 2.39. The quantitative estimate of drug-likeness (QED) is 0.381. The molecule has 3 rings (SSSR count). The number of fused-ring (bicyclic) bond motifs is 1. The van der Waals surface area contributed by atoms with Gasteiger partial charge in [0.15, 0.2) is 5.78 Å². The predicted molar refractivity (Wildman–Crippen MR) is 108 cm³/mol. The van der Waals surface area contributed by atoms with Crippen molar-refractivity contribution in [1.29, 1.82) is 0 Å². The molecular formula is C23H24OS. The lowest BCUT2D eigenvalue weighted by molar-refractivity contribution is 0.0969. The van der Waals surface area contributed by atoms with Crippen molar-refractivity contribution < 1.29 is 4.79 Å². The van der Waals surface area contributed by atoms with E-state index in [0.717, 1.165) is 5.56 Å². The van der Waals surface area contributed by atoms with Gasteiger partial charge < -0.3 is 0 Å². The van der Waals surface area contributed by atoms with E-state index in [1.54, 1.807) is 0 Å². The van der Waals surface area contributed by atoms with Crippen LogP contribution in [0.5, 0.6) is 0 Å². The lowest BCUT2D eigenvalue weighted by Gasteiger charge is -2.30. The normalized spacial score (nSPS) is 12.9. The van der Waals surface area contributed by atoms with Crippen molar-refractivity contribution in [3.8, 4) is 0 Å². The fourth-order valence-electron chi connectivity index (χ4n) is 2.84. The van der Waals surface area contributed by atoms with Crippen molar-refractivity contribution in [2.24, 2.45) is 5.41 Å². The van der Waals surface area contributed by atoms with Gasteiger partial charge in [0.2, 0.25) is 0 Å². The van der Waals surface area contributed by atoms with Crippen LogP contribution in [-0.4, -0.2) is 11.0 Å². The topological polar surface area (TPSA) is 17.1 Å². The first-order valence-corrected chi connectivity index (χ1v) is 9.55. The molecule has 1 atom stereocenters. The Labute approximate surface area is 154 Å². The molecule has 3 aromatic carbocycles. The van der Waals surface area contributed by atoms with Crippen LogP contribution in [0.2, 0.25) is 0 Å². The Balaban J connectivity index is 1.82. The van der Waals surface area contributed by atoms with Crippen LogP contribution in [0.15, 0.2) is 77.7 Å². The number of ketones is 1. The second-order valence-corrected chi connectivity index (χ2v) is 8.75. The second-order valence-electron chi connectivity index (χ2n) is 7.47. The van der Waals surface area contributed by atoms with E-state index in [4.69, 9.17) is 0 Å². The molecule has 0 radical (unpaired) electrons. The van der Waals surface area contributed by atoms with E-state index < -0.39 is 0 Å². The van der Waals surface area contributed by atoms with Crippen LogP contribution < -0.4 is 0 Å². The maximum absolute atomic E-state index is 12.7. The van der Waals surface area contributed by atoms with Crippen molar-refractivity contribution in [2.45, 2.75) is 37.3 Å². The van der Waals surface area contributed by atoms with Crippen LogP contribution in [0.25, 0.3) is 10.8 Å². The summed E-state index contributed by atoms with van der Waals surface area (Å²) < 4.78 is 0. The summed E-state index contributed by atoms with van der Waals surface area (Å²) in [6, 6.07) is 24.6. The van der Waals surface area contributed by atoms with Gasteiger partial charge in [-0.15, -0.1) is 11.8 Å². The molecule has 0 N–H and O–H groups in total. The number of carbonyl (C=O) groups excluding carboxylic acids is 1. The third-order valence-electron chi connectivity index (χ3n) is 4.43. The Morgan fingerprint density at radius 2 is 1.52 bits per heavy atom. The summed E-state index contributed by atoms with van der Waals surface area (Å²) in [5.41, 5.74) is 0.844. The minimum atomic E-state index is 0.0424. The fourth-order valence-corrected chi connectivity index (χ4v) is 4.10. The highest BCUT2D eigenvalue weighted by molar-refractivity contribution is 8.00. The number of benzene rings is 3. The second kappa shape index (κ2) is 7.45. The van der Waals surface area contributed by atoms with Gasteiger partial charge in [0.05, 0.1) is 0 Å². The standard InChI is InChI=1S/C23H24OS/c1-23(2,3)22(16-21(24)18-10-5-4-6-11-18)25-20-14-13-17-9-7-8-12-19(17)15-20/h4-15,22H,16H2,1-3H3/t22-/m1/s1. The summed E-state index contributed by atoms with van der Waals surface area (Å²) in [7, 11) is 0. The minimum absolute atomic E-state index is 0.0424. The van der Waals surface area contributed by atoms with Gasteiger partial charge in [-0.3, -0.25) is 4.79 Å². The molecule has 0 bridgehead atoms. The summed E-state index contributed by atoms with van der Waals surface area (Å²) in [6.45, 7) is 6.64. The Bertz CT molecular complexity index is 862. The monoisotopic (exact) mass is 348 g/mol. The Morgan fingerprint density at radius 3 is 2.20 bits per heavy atom. The molecule has 0 heterocycles. The predicted octanol–water partition coefficient (Wildman–Crippen LogP) is 6.62. The molecule has 0 spiro atoms. The Kier molecular flexibility index (Phi) is 5.29. The van der Waals surface area contributed by atoms with E-state index in [1.807, 2.05) is 42.1 Å². The molecule has 0 unspecified atom stereocenters. The number of rotatable bonds is 5. The van der Waals surface area contributed by atoms with E-state index in [1.165, 1.54) is 15.7 Å². The smallest absolute Gasteiger partial charge is 0.164 e. The lowest BCUT2D eigenvalue weighted by Crippen LogP contribution is -2.26. The zero-order valence-electron chi connectivity index (χ0n) is 15.0. The average Bonchev–Trinajstić information content (AvgIpc) is 2.61. The van der Waals surface area contributed by atoms with Crippen molar-refractivity contribution in [2.75, 3.05) is 0 Å². The van der Waals surface area contributed by atoms with E-state index in [0.29, 0.717) is 6.42 Å². The summed E-state index contributed by atoms with van der Waals surface area (Å²) >= 11 is 1.81. The van der Waals surface area contributed by atoms with Crippen molar-refractivity contribution in [3.05, 3.63) is 78.4 Å². The zero-order chi connectivity index (χ0) is 17.9. The fraction of sp³-hybridized carbons (Fsp3) is 0.261. The van der Waals surface area contributed by atoms with Crippen LogP contribution >= 0.6 is 11.8 Å². The molecule has 0 aliphatic carbocycles. The summed E-state index contributed by atoms with van der Waals surface area (Å²) in [5.74, 6) is 0.216. The van der Waals surface area contributed by atoms with Gasteiger partial charge in [-0.2, -0.15) is 0 Å². The zero-order valence-corrected chi connectivity index (χ0v) is 15.8. The molecule has 0 saturated heterocycles. The maximum atomic E-state index is 12.7. The number of Topliss-reactive ketones (excluding diaryl/α,β-unsaturated/α-hetero) is 1. The molecule has 1 nitrogen and oxygen atoms in total. The first kappa shape index (κ1) is 17.8. The Hall–Kier alpha value is -2.06. The number of carbonyl (C=O) groups is 1. The van der Waals surface area contributed by atoms with Crippen LogP contribution in [0.3, 0.4) is 0 Å². The van der Waals surface area contributed by atoms with E-state index in [9.17, 15) is 4.79 Å². The average molecular weight is 349 g/mol. The Morgan fingerprint density at radius 1 is 0.880 bits per heavy atom. The molecule has 128 valence electrons. The third-order valence-corrected chi connectivity index (χ3v) is 6.12. The molecule has 25 heavy (non-hydrogen) atoms. The van der Waals surface area contributed by atoms with Crippen LogP contribution in [0.1, 0.15) is 37.6 Å². The number of hydrogen-bond acceptors (Lipinski definition) is 2. The van der Waals surface area contributed by atoms with Gasteiger partial charge in [-0.1, -0.05) is 81.4 Å². The van der Waals surface area contributed by atoms with Crippen molar-refractivity contribution in [3.63, 3.8) is 0 Å². The summed E-state index contributed by atoms with van der Waals surface area (Å²) in [6.07, 6.45) is 0.547. The van der Waals surface area contributed by atoms with Gasteiger partial charge in [0.1, 0.15) is 0 Å². The summed E-state index contributed by atoms with van der Waals surface area (Å²) in [4.78, 5) is 13.9. The van der Waals surface area contributed by atoms with Gasteiger partial charge in [-0.25, -0.2) is 0 Å². The largest absolute Gasteiger partial charge is 0.294 e. The lowest BCUT2D eigenvalue weighted by atomic mass is 9.88. The SMILES string of the molecule is CC(C)(C)[C@@H](CC(=O)c1ccccc1)Sc1ccc2ccccc2c1. The molecule has 3 aromatic rings. The first-order valence-electron chi connectivity index (χ1n) is 8.67. The van der Waals surface area contributed by atoms with E-state index in [-0.39, 0.29) is 16.4 Å². The van der Waals surface area contributed by atoms with Crippen LogP contribution in [0.4, 0.5) is 0 Å². The maximum Gasteiger partial charge on any atom is 0.164 e. The van der Waals surface area contributed by atoms with E-state index >= 15 is 0 Å². The van der Waals surface area contributed by atoms with Crippen LogP contribution in [0, 0.1) is 5.41 Å². The van der Waals surface area contributed by atoms with Crippen LogP contribution in [-0.2, 0) is 0 Å². The highest BCUT2D eigenvalue weighted by atomic mass is 32.2. The molecule has 0 fully saturated rings. The van der Waals surface area contributed by atoms with Crippen molar-refractivity contribution in [1.82, 2.24) is 0 Å². The summed E-state index contributed by atoms with van der Waals surface area (Å²) in [5, 5.41) is 2.72. The highest BCUT2D eigenvalue weighted by Gasteiger charge is 2.28. The molecular weight excluding hydrogens is 324 g/mol. The number of thioether (sulfide) groups is 1. The molecule has 0 aliphatic rings. The van der Waals surface area contributed by atoms with Gasteiger partial charge >= 0.3 is 0 Å². The van der Waals surface area contributed by atoms with Gasteiger partial charge in [0, 0.05) is 22.1 Å². The van der Waals surface area contributed by atoms with E-state index in [2.05, 4.69) is 63.2 Å². The first-order chi connectivity index (χ1) is 11.9. The molecule has 0 saturated carbocycles. The van der Waals surface area contributed by atoms with Crippen molar-refractivity contribution >= 4 is 28.3 Å². The molecule has 0 aliphatic heterocycles. The molecule has 0 aromatic heterocycles. The molecule has 2 heteroatoms. The third kappa shape index (κ3) is 4.52.